The third-order valence-electron chi connectivity index (χ3n) is 2.60. The van der Waals surface area contributed by atoms with Crippen molar-refractivity contribution < 1.29 is 0 Å². The molecule has 1 aromatic carbocycles. The van der Waals surface area contributed by atoms with E-state index in [-0.39, 0.29) is 0 Å². The van der Waals surface area contributed by atoms with Crippen molar-refractivity contribution in [3.05, 3.63) is 42.6 Å². The number of nitrogen functional groups attached to an aromatic ring is 1. The molecule has 0 aliphatic carbocycles. The summed E-state index contributed by atoms with van der Waals surface area (Å²) in [5, 5.41) is 3.24. The Morgan fingerprint density at radius 1 is 1.22 bits per heavy atom. The van der Waals surface area contributed by atoms with Crippen LogP contribution in [0.25, 0.3) is 11.0 Å². The largest absolute Gasteiger partial charge is 0.384 e. The van der Waals surface area contributed by atoms with Crippen LogP contribution >= 0.6 is 0 Å². The van der Waals surface area contributed by atoms with E-state index in [1.54, 1.807) is 18.6 Å². The van der Waals surface area contributed by atoms with Gasteiger partial charge >= 0.3 is 0 Å². The van der Waals surface area contributed by atoms with Crippen LogP contribution in [0.2, 0.25) is 0 Å². The zero-order valence-corrected chi connectivity index (χ0v) is 9.59. The van der Waals surface area contributed by atoms with Gasteiger partial charge in [-0.25, -0.2) is 15.0 Å². The molecule has 6 nitrogen and oxygen atoms in total. The number of rotatable bonds is 3. The molecule has 0 radical (unpaired) electrons. The smallest absolute Gasteiger partial charge is 0.149 e. The minimum Gasteiger partial charge on any atom is -0.384 e. The first-order chi connectivity index (χ1) is 8.81. The normalized spacial score (nSPS) is 10.7. The number of hydrogen-bond donors (Lipinski definition) is 3. The quantitative estimate of drug-likeness (QED) is 0.646. The van der Waals surface area contributed by atoms with Gasteiger partial charge in [0.15, 0.2) is 0 Å². The van der Waals surface area contributed by atoms with Gasteiger partial charge in [-0.1, -0.05) is 0 Å². The highest BCUT2D eigenvalue weighted by atomic mass is 15.0. The summed E-state index contributed by atoms with van der Waals surface area (Å²) in [6.07, 6.45) is 3.33. The van der Waals surface area contributed by atoms with Gasteiger partial charge < -0.3 is 16.0 Å². The Morgan fingerprint density at radius 2 is 2.17 bits per heavy atom. The second-order valence-corrected chi connectivity index (χ2v) is 3.89. The highest BCUT2D eigenvalue weighted by Crippen LogP contribution is 2.15. The third-order valence-corrected chi connectivity index (χ3v) is 2.60. The second kappa shape index (κ2) is 4.33. The lowest BCUT2D eigenvalue weighted by atomic mass is 10.3. The van der Waals surface area contributed by atoms with E-state index in [0.29, 0.717) is 18.2 Å². The van der Waals surface area contributed by atoms with Gasteiger partial charge in [0, 0.05) is 11.9 Å². The standard InChI is InChI=1S/C12H12N6/c13-11-3-4-14-12(18-11)6-15-8-1-2-9-10(5-8)17-7-16-9/h1-5,7,15H,6H2,(H,16,17)(H2,13,14,18). The lowest BCUT2D eigenvalue weighted by Gasteiger charge is -2.05. The number of hydrogen-bond acceptors (Lipinski definition) is 5. The van der Waals surface area contributed by atoms with Gasteiger partial charge in [-0.3, -0.25) is 0 Å². The predicted octanol–water partition coefficient (Wildman–Crippen LogP) is 1.55. The monoisotopic (exact) mass is 240 g/mol. The zero-order valence-electron chi connectivity index (χ0n) is 9.59. The number of anilines is 2. The van der Waals surface area contributed by atoms with Gasteiger partial charge in [-0.2, -0.15) is 0 Å². The number of imidazole rings is 1. The average molecular weight is 240 g/mol. The Morgan fingerprint density at radius 3 is 3.06 bits per heavy atom. The van der Waals surface area contributed by atoms with Crippen LogP contribution < -0.4 is 11.1 Å². The molecule has 0 aliphatic heterocycles. The number of aromatic nitrogens is 4. The van der Waals surface area contributed by atoms with E-state index >= 15 is 0 Å². The number of nitrogens with one attached hydrogen (secondary N) is 2. The third kappa shape index (κ3) is 2.08. The maximum atomic E-state index is 5.60. The first kappa shape index (κ1) is 10.5. The van der Waals surface area contributed by atoms with E-state index in [9.17, 15) is 0 Å². The van der Waals surface area contributed by atoms with Crippen LogP contribution in [0.15, 0.2) is 36.8 Å². The Balaban J connectivity index is 1.76. The van der Waals surface area contributed by atoms with Crippen molar-refractivity contribution in [2.24, 2.45) is 0 Å². The zero-order chi connectivity index (χ0) is 12.4. The first-order valence-corrected chi connectivity index (χ1v) is 5.56. The maximum absolute atomic E-state index is 5.60. The molecule has 0 atom stereocenters. The molecule has 6 heteroatoms. The fraction of sp³-hybridized carbons (Fsp3) is 0.0833. The minimum absolute atomic E-state index is 0.478. The molecule has 0 aliphatic rings. The number of nitrogens with two attached hydrogens (primary N) is 1. The van der Waals surface area contributed by atoms with E-state index in [2.05, 4.69) is 25.3 Å². The van der Waals surface area contributed by atoms with Crippen LogP contribution in [0.4, 0.5) is 11.5 Å². The molecule has 2 aromatic heterocycles. The van der Waals surface area contributed by atoms with E-state index < -0.39 is 0 Å². The summed E-state index contributed by atoms with van der Waals surface area (Å²) >= 11 is 0. The number of H-pyrrole nitrogens is 1. The molecule has 3 aromatic rings. The van der Waals surface area contributed by atoms with Crippen molar-refractivity contribution in [1.29, 1.82) is 0 Å². The number of benzene rings is 1. The Labute approximate surface area is 103 Å². The molecular formula is C12H12N6. The molecule has 0 saturated carbocycles. The topological polar surface area (TPSA) is 92.5 Å². The number of nitrogens with zero attached hydrogens (tertiary/aromatic N) is 3. The van der Waals surface area contributed by atoms with Crippen LogP contribution in [-0.4, -0.2) is 19.9 Å². The summed E-state index contributed by atoms with van der Waals surface area (Å²) in [5.74, 6) is 1.14. The van der Waals surface area contributed by atoms with Gasteiger partial charge in [0.05, 0.1) is 23.9 Å². The van der Waals surface area contributed by atoms with E-state index in [1.165, 1.54) is 0 Å². The summed E-state index contributed by atoms with van der Waals surface area (Å²) in [6.45, 7) is 0.532. The summed E-state index contributed by atoms with van der Waals surface area (Å²) in [4.78, 5) is 15.5. The van der Waals surface area contributed by atoms with Crippen molar-refractivity contribution in [2.75, 3.05) is 11.1 Å². The van der Waals surface area contributed by atoms with Gasteiger partial charge in [-0.05, 0) is 24.3 Å². The van der Waals surface area contributed by atoms with E-state index in [1.807, 2.05) is 18.2 Å². The van der Waals surface area contributed by atoms with Crippen LogP contribution in [0.3, 0.4) is 0 Å². The van der Waals surface area contributed by atoms with Crippen molar-refractivity contribution in [2.45, 2.75) is 6.54 Å². The fourth-order valence-corrected chi connectivity index (χ4v) is 1.73. The van der Waals surface area contributed by atoms with Gasteiger partial charge in [-0.15, -0.1) is 0 Å². The second-order valence-electron chi connectivity index (χ2n) is 3.89. The number of aromatic amines is 1. The van der Waals surface area contributed by atoms with Gasteiger partial charge in [0.2, 0.25) is 0 Å². The average Bonchev–Trinajstić information content (AvgIpc) is 2.84. The highest BCUT2D eigenvalue weighted by Gasteiger charge is 2.00. The molecule has 3 rings (SSSR count). The molecule has 2 heterocycles. The fourth-order valence-electron chi connectivity index (χ4n) is 1.73. The molecule has 0 saturated heterocycles. The summed E-state index contributed by atoms with van der Waals surface area (Å²) in [7, 11) is 0. The molecule has 0 fully saturated rings. The molecule has 18 heavy (non-hydrogen) atoms. The first-order valence-electron chi connectivity index (χ1n) is 5.56. The van der Waals surface area contributed by atoms with Gasteiger partial charge in [0.1, 0.15) is 11.6 Å². The minimum atomic E-state index is 0.478. The maximum Gasteiger partial charge on any atom is 0.149 e. The Bertz CT molecular complexity index is 675. The molecular weight excluding hydrogens is 228 g/mol. The summed E-state index contributed by atoms with van der Waals surface area (Å²) in [6, 6.07) is 7.58. The van der Waals surface area contributed by atoms with Crippen LogP contribution in [0.1, 0.15) is 5.82 Å². The predicted molar refractivity (Wildman–Crippen MR) is 69.9 cm³/mol. The lowest BCUT2D eigenvalue weighted by Crippen LogP contribution is -2.05. The summed E-state index contributed by atoms with van der Waals surface area (Å²) < 4.78 is 0. The molecule has 90 valence electrons. The molecule has 0 spiro atoms. The van der Waals surface area contributed by atoms with Gasteiger partial charge in [0.25, 0.3) is 0 Å². The molecule has 0 amide bonds. The van der Waals surface area contributed by atoms with Crippen molar-refractivity contribution in [3.63, 3.8) is 0 Å². The van der Waals surface area contributed by atoms with Crippen molar-refractivity contribution in [3.8, 4) is 0 Å². The Hall–Kier alpha value is -2.63. The molecule has 4 N–H and O–H groups in total. The number of fused-ring (bicyclic) bond motifs is 1. The Kier molecular flexibility index (Phi) is 2.53. The SMILES string of the molecule is Nc1ccnc(CNc2ccc3nc[nH]c3c2)n1. The van der Waals surface area contributed by atoms with Crippen LogP contribution in [0, 0.1) is 0 Å². The van der Waals surface area contributed by atoms with Crippen molar-refractivity contribution in [1.82, 2.24) is 19.9 Å². The van der Waals surface area contributed by atoms with Crippen molar-refractivity contribution >= 4 is 22.5 Å². The summed E-state index contributed by atoms with van der Waals surface area (Å²) in [5.41, 5.74) is 8.52. The lowest BCUT2D eigenvalue weighted by molar-refractivity contribution is 0.954. The molecule has 0 unspecified atom stereocenters. The highest BCUT2D eigenvalue weighted by molar-refractivity contribution is 5.78. The van der Waals surface area contributed by atoms with E-state index in [4.69, 9.17) is 5.73 Å². The van der Waals surface area contributed by atoms with Crippen LogP contribution in [-0.2, 0) is 6.54 Å². The van der Waals surface area contributed by atoms with Crippen LogP contribution in [0.5, 0.6) is 0 Å². The van der Waals surface area contributed by atoms with E-state index in [0.717, 1.165) is 16.7 Å². The molecule has 0 bridgehead atoms.